The van der Waals surface area contributed by atoms with Crippen LogP contribution in [0.1, 0.15) is 37.0 Å². The molecule has 0 aliphatic rings. The van der Waals surface area contributed by atoms with E-state index in [9.17, 15) is 4.79 Å². The summed E-state index contributed by atoms with van der Waals surface area (Å²) in [5.74, 6) is 0.424. The molecule has 2 heteroatoms. The summed E-state index contributed by atoms with van der Waals surface area (Å²) in [4.78, 5) is 12.0. The second-order valence-electron chi connectivity index (χ2n) is 3.53. The lowest BCUT2D eigenvalue weighted by Gasteiger charge is -2.09. The van der Waals surface area contributed by atoms with Crippen molar-refractivity contribution in [2.75, 3.05) is 0 Å². The Hall–Kier alpha value is -0.380. The summed E-state index contributed by atoms with van der Waals surface area (Å²) in [6.45, 7) is 4.12. The van der Waals surface area contributed by atoms with Crippen molar-refractivity contribution in [2.24, 2.45) is 5.92 Å². The van der Waals surface area contributed by atoms with Crippen LogP contribution in [0.5, 0.6) is 0 Å². The van der Waals surface area contributed by atoms with Gasteiger partial charge in [-0.25, -0.2) is 0 Å². The number of hydrogen-bond donors (Lipinski definition) is 0. The maximum atomic E-state index is 12.0. The van der Waals surface area contributed by atoms with E-state index in [0.717, 1.165) is 22.0 Å². The van der Waals surface area contributed by atoms with E-state index >= 15 is 0 Å². The lowest BCUT2D eigenvalue weighted by molar-refractivity contribution is 0.0922. The molecule has 14 heavy (non-hydrogen) atoms. The molecule has 0 N–H and O–H groups in total. The van der Waals surface area contributed by atoms with Gasteiger partial charge in [0.25, 0.3) is 0 Å². The zero-order chi connectivity index (χ0) is 10.6. The lowest BCUT2D eigenvalue weighted by Crippen LogP contribution is -2.12. The van der Waals surface area contributed by atoms with E-state index in [1.807, 2.05) is 31.2 Å². The molecular formula is C12H15IO. The van der Waals surface area contributed by atoms with Crippen LogP contribution >= 0.6 is 22.6 Å². The monoisotopic (exact) mass is 302 g/mol. The van der Waals surface area contributed by atoms with Gasteiger partial charge in [0.05, 0.1) is 0 Å². The Labute approximate surface area is 99.0 Å². The summed E-state index contributed by atoms with van der Waals surface area (Å²) < 4.78 is 1.05. The van der Waals surface area contributed by atoms with Gasteiger partial charge in [-0.05, 0) is 35.1 Å². The summed E-state index contributed by atoms with van der Waals surface area (Å²) in [6, 6.07) is 7.78. The second kappa shape index (κ2) is 5.49. The van der Waals surface area contributed by atoms with E-state index in [1.165, 1.54) is 0 Å². The standard InChI is InChI=1S/C12H15IO/c1-3-6-9(2)12(14)10-7-4-5-8-11(10)13/h4-5,7-9H,3,6H2,1-2H3. The van der Waals surface area contributed by atoms with E-state index in [2.05, 4.69) is 29.5 Å². The van der Waals surface area contributed by atoms with Gasteiger partial charge in [-0.2, -0.15) is 0 Å². The molecule has 0 aromatic heterocycles. The number of benzene rings is 1. The Morgan fingerprint density at radius 3 is 2.64 bits per heavy atom. The van der Waals surface area contributed by atoms with Crippen LogP contribution in [0, 0.1) is 9.49 Å². The molecule has 0 bridgehead atoms. The highest BCUT2D eigenvalue weighted by Crippen LogP contribution is 2.18. The van der Waals surface area contributed by atoms with E-state index in [4.69, 9.17) is 0 Å². The Kier molecular flexibility index (Phi) is 4.58. The van der Waals surface area contributed by atoms with Gasteiger partial charge in [-0.15, -0.1) is 0 Å². The first-order chi connectivity index (χ1) is 6.66. The van der Waals surface area contributed by atoms with Crippen LogP contribution in [0.25, 0.3) is 0 Å². The number of carbonyl (C=O) groups excluding carboxylic acids is 1. The molecule has 1 unspecified atom stereocenters. The SMILES string of the molecule is CCCC(C)C(=O)c1ccccc1I. The molecular weight excluding hydrogens is 287 g/mol. The minimum atomic E-state index is 0.149. The Morgan fingerprint density at radius 2 is 2.07 bits per heavy atom. The number of hydrogen-bond acceptors (Lipinski definition) is 1. The highest BCUT2D eigenvalue weighted by Gasteiger charge is 2.15. The predicted octanol–water partition coefficient (Wildman–Crippen LogP) is 3.91. The first-order valence-corrected chi connectivity index (χ1v) is 6.03. The molecule has 0 saturated carbocycles. The first kappa shape index (κ1) is 11.7. The van der Waals surface area contributed by atoms with Gasteiger partial charge in [-0.1, -0.05) is 38.5 Å². The highest BCUT2D eigenvalue weighted by atomic mass is 127. The predicted molar refractivity (Wildman–Crippen MR) is 67.6 cm³/mol. The van der Waals surface area contributed by atoms with Gasteiger partial charge in [0, 0.05) is 15.1 Å². The largest absolute Gasteiger partial charge is 0.294 e. The minimum absolute atomic E-state index is 0.149. The number of Topliss-reactive ketones (excluding diaryl/α,β-unsaturated/α-hetero) is 1. The number of carbonyl (C=O) groups is 1. The van der Waals surface area contributed by atoms with Crippen molar-refractivity contribution in [3.8, 4) is 0 Å². The topological polar surface area (TPSA) is 17.1 Å². The normalized spacial score (nSPS) is 12.5. The Balaban J connectivity index is 2.84. The molecule has 0 heterocycles. The molecule has 1 nitrogen and oxygen atoms in total. The summed E-state index contributed by atoms with van der Waals surface area (Å²) in [7, 11) is 0. The Bertz CT molecular complexity index is 320. The van der Waals surface area contributed by atoms with Crippen LogP contribution in [0.15, 0.2) is 24.3 Å². The fourth-order valence-corrected chi connectivity index (χ4v) is 2.14. The lowest BCUT2D eigenvalue weighted by atomic mass is 9.95. The van der Waals surface area contributed by atoms with Crippen molar-refractivity contribution < 1.29 is 4.79 Å². The molecule has 0 fully saturated rings. The molecule has 1 aromatic rings. The highest BCUT2D eigenvalue weighted by molar-refractivity contribution is 14.1. The summed E-state index contributed by atoms with van der Waals surface area (Å²) >= 11 is 2.22. The molecule has 0 saturated heterocycles. The number of rotatable bonds is 4. The smallest absolute Gasteiger partial charge is 0.166 e. The van der Waals surface area contributed by atoms with Crippen molar-refractivity contribution in [3.63, 3.8) is 0 Å². The van der Waals surface area contributed by atoms with E-state index < -0.39 is 0 Å². The molecule has 0 spiro atoms. The summed E-state index contributed by atoms with van der Waals surface area (Å²) in [5, 5.41) is 0. The van der Waals surface area contributed by atoms with Crippen molar-refractivity contribution in [2.45, 2.75) is 26.7 Å². The van der Waals surface area contributed by atoms with Gasteiger partial charge in [-0.3, -0.25) is 4.79 Å². The molecule has 1 aromatic carbocycles. The van der Waals surface area contributed by atoms with Gasteiger partial charge in [0.1, 0.15) is 0 Å². The summed E-state index contributed by atoms with van der Waals surface area (Å²) in [5.41, 5.74) is 0.869. The third-order valence-electron chi connectivity index (χ3n) is 2.31. The number of halogens is 1. The van der Waals surface area contributed by atoms with E-state index in [1.54, 1.807) is 0 Å². The van der Waals surface area contributed by atoms with Gasteiger partial charge < -0.3 is 0 Å². The van der Waals surface area contributed by atoms with Crippen molar-refractivity contribution in [1.29, 1.82) is 0 Å². The zero-order valence-corrected chi connectivity index (χ0v) is 10.7. The van der Waals surface area contributed by atoms with Gasteiger partial charge in [0.2, 0.25) is 0 Å². The van der Waals surface area contributed by atoms with Gasteiger partial charge >= 0.3 is 0 Å². The van der Waals surface area contributed by atoms with E-state index in [-0.39, 0.29) is 11.7 Å². The molecule has 1 atom stereocenters. The quantitative estimate of drug-likeness (QED) is 0.609. The fraction of sp³-hybridized carbons (Fsp3) is 0.417. The average molecular weight is 302 g/mol. The molecule has 76 valence electrons. The van der Waals surface area contributed by atoms with Crippen LogP contribution in [-0.4, -0.2) is 5.78 Å². The second-order valence-corrected chi connectivity index (χ2v) is 4.70. The van der Waals surface area contributed by atoms with E-state index in [0.29, 0.717) is 0 Å². The maximum Gasteiger partial charge on any atom is 0.166 e. The first-order valence-electron chi connectivity index (χ1n) is 4.95. The average Bonchev–Trinajstić information content (AvgIpc) is 2.18. The van der Waals surface area contributed by atoms with Crippen LogP contribution in [0.4, 0.5) is 0 Å². The fourth-order valence-electron chi connectivity index (χ4n) is 1.49. The molecule has 0 radical (unpaired) electrons. The molecule has 0 aliphatic heterocycles. The Morgan fingerprint density at radius 1 is 1.43 bits per heavy atom. The third kappa shape index (κ3) is 2.80. The van der Waals surface area contributed by atoms with Crippen LogP contribution < -0.4 is 0 Å². The van der Waals surface area contributed by atoms with Gasteiger partial charge in [0.15, 0.2) is 5.78 Å². The molecule has 0 amide bonds. The van der Waals surface area contributed by atoms with Crippen molar-refractivity contribution >= 4 is 28.4 Å². The maximum absolute atomic E-state index is 12.0. The summed E-state index contributed by atoms with van der Waals surface area (Å²) in [6.07, 6.45) is 2.04. The van der Waals surface area contributed by atoms with Crippen molar-refractivity contribution in [3.05, 3.63) is 33.4 Å². The minimum Gasteiger partial charge on any atom is -0.294 e. The van der Waals surface area contributed by atoms with Crippen LogP contribution in [0.3, 0.4) is 0 Å². The number of ketones is 1. The molecule has 0 aliphatic carbocycles. The zero-order valence-electron chi connectivity index (χ0n) is 8.59. The van der Waals surface area contributed by atoms with Crippen molar-refractivity contribution in [1.82, 2.24) is 0 Å². The third-order valence-corrected chi connectivity index (χ3v) is 3.25. The van der Waals surface area contributed by atoms with Crippen LogP contribution in [-0.2, 0) is 0 Å². The van der Waals surface area contributed by atoms with Crippen LogP contribution in [0.2, 0.25) is 0 Å². The molecule has 1 rings (SSSR count).